The summed E-state index contributed by atoms with van der Waals surface area (Å²) in [5.74, 6) is 1.07. The van der Waals surface area contributed by atoms with Crippen molar-refractivity contribution in [1.29, 1.82) is 0 Å². The number of rotatable bonds is 2. The Labute approximate surface area is 106 Å². The van der Waals surface area contributed by atoms with Crippen LogP contribution in [-0.4, -0.2) is 14.5 Å². The van der Waals surface area contributed by atoms with Crippen LogP contribution >= 0.6 is 15.9 Å². The highest BCUT2D eigenvalue weighted by Gasteiger charge is 2.08. The number of nitrogens with two attached hydrogens (primary N) is 1. The van der Waals surface area contributed by atoms with Gasteiger partial charge in [-0.3, -0.25) is 9.36 Å². The summed E-state index contributed by atoms with van der Waals surface area (Å²) in [6, 6.07) is 3.63. The van der Waals surface area contributed by atoms with E-state index in [2.05, 4.69) is 25.9 Å². The van der Waals surface area contributed by atoms with Gasteiger partial charge in [-0.2, -0.15) is 0 Å². The molecule has 0 radical (unpaired) electrons. The smallest absolute Gasteiger partial charge is 0.268 e. The van der Waals surface area contributed by atoms with Crippen molar-refractivity contribution in [3.05, 3.63) is 50.7 Å². The Bertz CT molecular complexity index is 609. The monoisotopic (exact) mass is 294 g/mol. The van der Waals surface area contributed by atoms with Crippen LogP contribution in [0.2, 0.25) is 0 Å². The van der Waals surface area contributed by atoms with Crippen LogP contribution in [0.4, 0.5) is 5.82 Å². The van der Waals surface area contributed by atoms with E-state index in [1.807, 2.05) is 6.07 Å². The molecular weight excluding hydrogens is 284 g/mol. The first kappa shape index (κ1) is 11.8. The maximum atomic E-state index is 11.9. The van der Waals surface area contributed by atoms with Crippen LogP contribution in [0.15, 0.2) is 33.8 Å². The van der Waals surface area contributed by atoms with E-state index in [0.29, 0.717) is 22.7 Å². The van der Waals surface area contributed by atoms with Gasteiger partial charge in [-0.15, -0.1) is 0 Å². The topological polar surface area (TPSA) is 73.8 Å². The van der Waals surface area contributed by atoms with Crippen LogP contribution in [0, 0.1) is 6.92 Å². The van der Waals surface area contributed by atoms with E-state index < -0.39 is 0 Å². The molecule has 2 aromatic rings. The largest absolute Gasteiger partial charge is 0.383 e. The molecule has 0 fully saturated rings. The fourth-order valence-corrected chi connectivity index (χ4v) is 1.81. The van der Waals surface area contributed by atoms with Crippen LogP contribution in [0.5, 0.6) is 0 Å². The van der Waals surface area contributed by atoms with Gasteiger partial charge in [-0.05, 0) is 28.9 Å². The predicted octanol–water partition coefficient (Wildman–Crippen LogP) is 1.34. The number of aryl methyl sites for hydroxylation is 1. The minimum Gasteiger partial charge on any atom is -0.383 e. The van der Waals surface area contributed by atoms with Crippen LogP contribution in [-0.2, 0) is 6.54 Å². The molecule has 0 aromatic carbocycles. The Balaban J connectivity index is 2.47. The first-order chi connectivity index (χ1) is 8.09. The Morgan fingerprint density at radius 3 is 2.94 bits per heavy atom. The van der Waals surface area contributed by atoms with Crippen molar-refractivity contribution in [3.8, 4) is 0 Å². The number of nitrogens with zero attached hydrogens (tertiary/aromatic N) is 3. The molecule has 0 atom stereocenters. The summed E-state index contributed by atoms with van der Waals surface area (Å²) in [5, 5.41) is 0. The second-order valence-corrected chi connectivity index (χ2v) is 4.45. The number of halogens is 1. The lowest BCUT2D eigenvalue weighted by molar-refractivity contribution is 0.695. The second kappa shape index (κ2) is 4.67. The lowest BCUT2D eigenvalue weighted by Gasteiger charge is -2.10. The molecule has 2 heterocycles. The highest BCUT2D eigenvalue weighted by Crippen LogP contribution is 2.10. The predicted molar refractivity (Wildman–Crippen MR) is 68.7 cm³/mol. The van der Waals surface area contributed by atoms with Gasteiger partial charge in [0.2, 0.25) is 0 Å². The summed E-state index contributed by atoms with van der Waals surface area (Å²) in [6.07, 6.45) is 3.12. The summed E-state index contributed by atoms with van der Waals surface area (Å²) in [5.41, 5.74) is 6.43. The number of hydrogen-bond donors (Lipinski definition) is 1. The lowest BCUT2D eigenvalue weighted by atomic mass is 10.2. The SMILES string of the molecule is Cc1ncc(Br)c(=O)n1Cc1cccnc1N. The van der Waals surface area contributed by atoms with E-state index in [1.54, 1.807) is 23.8 Å². The van der Waals surface area contributed by atoms with E-state index in [1.165, 1.54) is 6.20 Å². The van der Waals surface area contributed by atoms with Gasteiger partial charge in [0.1, 0.15) is 16.1 Å². The Morgan fingerprint density at radius 2 is 2.24 bits per heavy atom. The average Bonchev–Trinajstić information content (AvgIpc) is 2.32. The Kier molecular flexibility index (Phi) is 3.23. The van der Waals surface area contributed by atoms with E-state index in [0.717, 1.165) is 5.56 Å². The molecule has 0 saturated heterocycles. The van der Waals surface area contributed by atoms with Gasteiger partial charge in [0, 0.05) is 18.0 Å². The molecule has 0 spiro atoms. The number of pyridine rings is 1. The molecule has 0 amide bonds. The van der Waals surface area contributed by atoms with Crippen LogP contribution in [0.3, 0.4) is 0 Å². The molecule has 2 N–H and O–H groups in total. The molecule has 0 aliphatic heterocycles. The average molecular weight is 295 g/mol. The number of hydrogen-bond acceptors (Lipinski definition) is 4. The minimum atomic E-state index is -0.124. The van der Waals surface area contributed by atoms with Gasteiger partial charge >= 0.3 is 0 Å². The highest BCUT2D eigenvalue weighted by molar-refractivity contribution is 9.10. The first-order valence-electron chi connectivity index (χ1n) is 5.01. The van der Waals surface area contributed by atoms with Gasteiger partial charge < -0.3 is 5.73 Å². The number of nitrogen functional groups attached to an aromatic ring is 1. The van der Waals surface area contributed by atoms with E-state index >= 15 is 0 Å². The molecule has 2 aromatic heterocycles. The zero-order chi connectivity index (χ0) is 12.4. The molecule has 0 bridgehead atoms. The fourth-order valence-electron chi connectivity index (χ4n) is 1.49. The molecule has 0 unspecified atom stereocenters. The van der Waals surface area contributed by atoms with Crippen LogP contribution < -0.4 is 11.3 Å². The van der Waals surface area contributed by atoms with Gasteiger partial charge in [-0.25, -0.2) is 9.97 Å². The maximum absolute atomic E-state index is 11.9. The second-order valence-electron chi connectivity index (χ2n) is 3.59. The minimum absolute atomic E-state index is 0.124. The third-order valence-electron chi connectivity index (χ3n) is 2.46. The van der Waals surface area contributed by atoms with Crippen molar-refractivity contribution in [1.82, 2.24) is 14.5 Å². The molecule has 0 aliphatic rings. The first-order valence-corrected chi connectivity index (χ1v) is 5.80. The Morgan fingerprint density at radius 1 is 1.47 bits per heavy atom. The third kappa shape index (κ3) is 2.36. The van der Waals surface area contributed by atoms with Crippen molar-refractivity contribution in [2.45, 2.75) is 13.5 Å². The summed E-state index contributed by atoms with van der Waals surface area (Å²) in [7, 11) is 0. The molecule has 88 valence electrons. The standard InChI is InChI=1S/C11H11BrN4O/c1-7-15-5-9(12)11(17)16(7)6-8-3-2-4-14-10(8)13/h2-5H,6H2,1H3,(H2,13,14). The third-order valence-corrected chi connectivity index (χ3v) is 3.00. The summed E-state index contributed by atoms with van der Waals surface area (Å²) in [4.78, 5) is 20.0. The zero-order valence-electron chi connectivity index (χ0n) is 9.22. The maximum Gasteiger partial charge on any atom is 0.268 e. The lowest BCUT2D eigenvalue weighted by Crippen LogP contribution is -2.25. The molecule has 5 nitrogen and oxygen atoms in total. The highest BCUT2D eigenvalue weighted by atomic mass is 79.9. The van der Waals surface area contributed by atoms with Crippen molar-refractivity contribution in [3.63, 3.8) is 0 Å². The van der Waals surface area contributed by atoms with Gasteiger partial charge in [0.15, 0.2) is 0 Å². The normalized spacial score (nSPS) is 10.5. The number of aromatic nitrogens is 3. The van der Waals surface area contributed by atoms with E-state index in [4.69, 9.17) is 5.73 Å². The van der Waals surface area contributed by atoms with E-state index in [-0.39, 0.29) is 5.56 Å². The van der Waals surface area contributed by atoms with Crippen LogP contribution in [0.1, 0.15) is 11.4 Å². The van der Waals surface area contributed by atoms with Gasteiger partial charge in [0.05, 0.1) is 6.54 Å². The summed E-state index contributed by atoms with van der Waals surface area (Å²) in [6.45, 7) is 2.15. The van der Waals surface area contributed by atoms with Crippen molar-refractivity contribution >= 4 is 21.7 Å². The quantitative estimate of drug-likeness (QED) is 0.907. The van der Waals surface area contributed by atoms with Crippen molar-refractivity contribution < 1.29 is 0 Å². The molecule has 6 heteroatoms. The zero-order valence-corrected chi connectivity index (χ0v) is 10.8. The van der Waals surface area contributed by atoms with E-state index in [9.17, 15) is 4.79 Å². The Hall–Kier alpha value is -1.69. The molecular formula is C11H11BrN4O. The van der Waals surface area contributed by atoms with Crippen molar-refractivity contribution in [2.75, 3.05) is 5.73 Å². The summed E-state index contributed by atoms with van der Waals surface area (Å²) >= 11 is 3.17. The molecule has 17 heavy (non-hydrogen) atoms. The van der Waals surface area contributed by atoms with Gasteiger partial charge in [0.25, 0.3) is 5.56 Å². The molecule has 0 aliphatic carbocycles. The fraction of sp³-hybridized carbons (Fsp3) is 0.182. The molecule has 2 rings (SSSR count). The molecule has 0 saturated carbocycles. The number of anilines is 1. The van der Waals surface area contributed by atoms with Gasteiger partial charge in [-0.1, -0.05) is 6.07 Å². The van der Waals surface area contributed by atoms with Crippen molar-refractivity contribution in [2.24, 2.45) is 0 Å². The summed E-state index contributed by atoms with van der Waals surface area (Å²) < 4.78 is 1.99. The van der Waals surface area contributed by atoms with Crippen LogP contribution in [0.25, 0.3) is 0 Å².